The van der Waals surface area contributed by atoms with Gasteiger partial charge in [-0.3, -0.25) is 9.59 Å². The second kappa shape index (κ2) is 7.79. The molecule has 0 aliphatic carbocycles. The lowest BCUT2D eigenvalue weighted by Crippen LogP contribution is -2.35. The van der Waals surface area contributed by atoms with E-state index in [-0.39, 0.29) is 11.8 Å². The van der Waals surface area contributed by atoms with Crippen LogP contribution < -0.4 is 10.6 Å². The van der Waals surface area contributed by atoms with Crippen molar-refractivity contribution in [2.45, 2.75) is 20.3 Å². The number of benzene rings is 1. The third kappa shape index (κ3) is 5.75. The highest BCUT2D eigenvalue weighted by Crippen LogP contribution is 2.14. The molecule has 2 amide bonds. The van der Waals surface area contributed by atoms with Crippen molar-refractivity contribution in [2.24, 2.45) is 5.92 Å². The van der Waals surface area contributed by atoms with Gasteiger partial charge in [-0.2, -0.15) is 0 Å². The fourth-order valence-electron chi connectivity index (χ4n) is 1.56. The fraction of sp³-hybridized carbons (Fsp3) is 0.429. The predicted molar refractivity (Wildman–Crippen MR) is 76.2 cm³/mol. The molecule has 0 bridgehead atoms. The summed E-state index contributed by atoms with van der Waals surface area (Å²) in [4.78, 5) is 23.2. The van der Waals surface area contributed by atoms with Gasteiger partial charge in [0.25, 0.3) is 5.91 Å². The van der Waals surface area contributed by atoms with Gasteiger partial charge >= 0.3 is 0 Å². The molecule has 19 heavy (non-hydrogen) atoms. The molecular formula is C14H19ClN2O2. The first-order valence-corrected chi connectivity index (χ1v) is 6.68. The minimum Gasteiger partial charge on any atom is -0.354 e. The van der Waals surface area contributed by atoms with E-state index in [0.717, 1.165) is 0 Å². The maximum Gasteiger partial charge on any atom is 0.252 e. The highest BCUT2D eigenvalue weighted by molar-refractivity contribution is 6.33. The lowest BCUT2D eigenvalue weighted by Gasteiger charge is -2.09. The first-order valence-electron chi connectivity index (χ1n) is 6.30. The van der Waals surface area contributed by atoms with Crippen molar-refractivity contribution in [1.29, 1.82) is 0 Å². The number of carbonyl (C=O) groups excluding carboxylic acids is 2. The maximum atomic E-state index is 11.8. The molecule has 0 heterocycles. The Balaban J connectivity index is 2.29. The van der Waals surface area contributed by atoms with Crippen LogP contribution in [0.1, 0.15) is 30.6 Å². The number of hydrogen-bond acceptors (Lipinski definition) is 2. The Morgan fingerprint density at radius 2 is 1.79 bits per heavy atom. The molecule has 0 radical (unpaired) electrons. The Morgan fingerprint density at radius 3 is 2.42 bits per heavy atom. The van der Waals surface area contributed by atoms with E-state index in [9.17, 15) is 9.59 Å². The monoisotopic (exact) mass is 282 g/mol. The molecule has 0 aliphatic heterocycles. The molecule has 0 spiro atoms. The number of amides is 2. The van der Waals surface area contributed by atoms with Crippen LogP contribution in [0.25, 0.3) is 0 Å². The molecule has 1 aromatic carbocycles. The molecule has 104 valence electrons. The van der Waals surface area contributed by atoms with Crippen LogP contribution in [0.4, 0.5) is 0 Å². The van der Waals surface area contributed by atoms with Gasteiger partial charge in [-0.05, 0) is 18.1 Å². The van der Waals surface area contributed by atoms with Gasteiger partial charge in [-0.15, -0.1) is 0 Å². The van der Waals surface area contributed by atoms with E-state index in [4.69, 9.17) is 11.6 Å². The average Bonchev–Trinajstić information content (AvgIpc) is 2.34. The van der Waals surface area contributed by atoms with E-state index < -0.39 is 0 Å². The van der Waals surface area contributed by atoms with E-state index in [1.165, 1.54) is 0 Å². The minimum atomic E-state index is -0.233. The molecule has 0 saturated carbocycles. The Kier molecular flexibility index (Phi) is 6.36. The van der Waals surface area contributed by atoms with Gasteiger partial charge in [-0.1, -0.05) is 37.6 Å². The molecule has 2 N–H and O–H groups in total. The summed E-state index contributed by atoms with van der Waals surface area (Å²) >= 11 is 5.91. The summed E-state index contributed by atoms with van der Waals surface area (Å²) in [6.45, 7) is 4.77. The molecule has 0 fully saturated rings. The standard InChI is InChI=1S/C14H19ClN2O2/c1-10(2)9-13(18)16-7-8-17-14(19)11-5-3-4-6-12(11)15/h3-6,10H,7-9H2,1-2H3,(H,16,18)(H,17,19). The second-order valence-electron chi connectivity index (χ2n) is 4.68. The van der Waals surface area contributed by atoms with Gasteiger partial charge in [0, 0.05) is 19.5 Å². The topological polar surface area (TPSA) is 58.2 Å². The number of hydrogen-bond donors (Lipinski definition) is 2. The highest BCUT2D eigenvalue weighted by atomic mass is 35.5. The third-order valence-electron chi connectivity index (χ3n) is 2.44. The normalized spacial score (nSPS) is 10.3. The predicted octanol–water partition coefficient (Wildman–Crippen LogP) is 2.23. The van der Waals surface area contributed by atoms with Gasteiger partial charge in [0.1, 0.15) is 0 Å². The van der Waals surface area contributed by atoms with Crippen LogP contribution in [0, 0.1) is 5.92 Å². The number of halogens is 1. The summed E-state index contributed by atoms with van der Waals surface area (Å²) in [6, 6.07) is 6.85. The lowest BCUT2D eigenvalue weighted by atomic mass is 10.1. The molecule has 4 nitrogen and oxygen atoms in total. The van der Waals surface area contributed by atoms with Gasteiger partial charge in [0.2, 0.25) is 5.91 Å². The zero-order chi connectivity index (χ0) is 14.3. The van der Waals surface area contributed by atoms with Crippen LogP contribution in [0.3, 0.4) is 0 Å². The van der Waals surface area contributed by atoms with Crippen molar-refractivity contribution < 1.29 is 9.59 Å². The van der Waals surface area contributed by atoms with E-state index in [1.54, 1.807) is 24.3 Å². The largest absolute Gasteiger partial charge is 0.354 e. The van der Waals surface area contributed by atoms with Crippen LogP contribution in [0.5, 0.6) is 0 Å². The molecule has 5 heteroatoms. The first kappa shape index (κ1) is 15.5. The quantitative estimate of drug-likeness (QED) is 0.786. The number of rotatable bonds is 6. The van der Waals surface area contributed by atoms with Crippen molar-refractivity contribution in [3.8, 4) is 0 Å². The van der Waals surface area contributed by atoms with Gasteiger partial charge in [-0.25, -0.2) is 0 Å². The van der Waals surface area contributed by atoms with Crippen molar-refractivity contribution >= 4 is 23.4 Å². The van der Waals surface area contributed by atoms with Crippen LogP contribution in [-0.2, 0) is 4.79 Å². The van der Waals surface area contributed by atoms with E-state index >= 15 is 0 Å². The molecule has 0 saturated heterocycles. The fourth-order valence-corrected chi connectivity index (χ4v) is 1.78. The summed E-state index contributed by atoms with van der Waals surface area (Å²) < 4.78 is 0. The zero-order valence-corrected chi connectivity index (χ0v) is 12.0. The summed E-state index contributed by atoms with van der Waals surface area (Å²) in [5.41, 5.74) is 0.442. The van der Waals surface area contributed by atoms with Crippen molar-refractivity contribution in [3.05, 3.63) is 34.9 Å². The van der Waals surface area contributed by atoms with Gasteiger partial charge in [0.15, 0.2) is 0 Å². The second-order valence-corrected chi connectivity index (χ2v) is 5.09. The maximum absolute atomic E-state index is 11.8. The van der Waals surface area contributed by atoms with E-state index in [2.05, 4.69) is 10.6 Å². The summed E-state index contributed by atoms with van der Waals surface area (Å²) in [5.74, 6) is 0.100. The van der Waals surface area contributed by atoms with Crippen molar-refractivity contribution in [1.82, 2.24) is 10.6 Å². The molecule has 0 aliphatic rings. The summed E-state index contributed by atoms with van der Waals surface area (Å²) in [5, 5.41) is 5.88. The summed E-state index contributed by atoms with van der Waals surface area (Å²) in [7, 11) is 0. The van der Waals surface area contributed by atoms with Crippen molar-refractivity contribution in [3.63, 3.8) is 0 Å². The number of carbonyl (C=O) groups is 2. The Bertz CT molecular complexity index is 447. The lowest BCUT2D eigenvalue weighted by molar-refractivity contribution is -0.121. The van der Waals surface area contributed by atoms with Crippen LogP contribution >= 0.6 is 11.6 Å². The Hall–Kier alpha value is -1.55. The third-order valence-corrected chi connectivity index (χ3v) is 2.77. The Morgan fingerprint density at radius 1 is 1.16 bits per heavy atom. The molecule has 1 rings (SSSR count). The molecular weight excluding hydrogens is 264 g/mol. The smallest absolute Gasteiger partial charge is 0.252 e. The highest BCUT2D eigenvalue weighted by Gasteiger charge is 2.09. The minimum absolute atomic E-state index is 0.00184. The molecule has 0 unspecified atom stereocenters. The number of nitrogens with one attached hydrogen (secondary N) is 2. The van der Waals surface area contributed by atoms with Crippen LogP contribution in [0.15, 0.2) is 24.3 Å². The van der Waals surface area contributed by atoms with Crippen LogP contribution in [-0.4, -0.2) is 24.9 Å². The zero-order valence-electron chi connectivity index (χ0n) is 11.2. The van der Waals surface area contributed by atoms with Gasteiger partial charge in [0.05, 0.1) is 10.6 Å². The Labute approximate surface area is 118 Å². The van der Waals surface area contributed by atoms with Gasteiger partial charge < -0.3 is 10.6 Å². The molecule has 0 atom stereocenters. The summed E-state index contributed by atoms with van der Waals surface area (Å²) in [6.07, 6.45) is 0.498. The average molecular weight is 283 g/mol. The van der Waals surface area contributed by atoms with E-state index in [1.807, 2.05) is 13.8 Å². The first-order chi connectivity index (χ1) is 9.00. The molecule has 1 aromatic rings. The van der Waals surface area contributed by atoms with Crippen LogP contribution in [0.2, 0.25) is 5.02 Å². The van der Waals surface area contributed by atoms with E-state index in [0.29, 0.717) is 36.0 Å². The van der Waals surface area contributed by atoms with Crippen molar-refractivity contribution in [2.75, 3.05) is 13.1 Å². The molecule has 0 aromatic heterocycles. The SMILES string of the molecule is CC(C)CC(=O)NCCNC(=O)c1ccccc1Cl.